The van der Waals surface area contributed by atoms with E-state index in [4.69, 9.17) is 0 Å². The number of piperazine rings is 1. The van der Waals surface area contributed by atoms with E-state index in [2.05, 4.69) is 10.2 Å². The molecular formula is C20H28N4O4. The van der Waals surface area contributed by atoms with Crippen LogP contribution in [0.5, 0.6) is 0 Å². The molecule has 2 aliphatic rings. The summed E-state index contributed by atoms with van der Waals surface area (Å²) in [6, 6.07) is 6.27. The molecule has 0 spiro atoms. The second-order valence-corrected chi connectivity index (χ2v) is 7.75. The number of hydrogen-bond acceptors (Lipinski definition) is 5. The van der Waals surface area contributed by atoms with Crippen molar-refractivity contribution in [1.82, 2.24) is 15.1 Å². The highest BCUT2D eigenvalue weighted by Gasteiger charge is 2.35. The predicted octanol–water partition coefficient (Wildman–Crippen LogP) is 1.93. The van der Waals surface area contributed by atoms with Crippen LogP contribution in [0.15, 0.2) is 24.3 Å². The van der Waals surface area contributed by atoms with Gasteiger partial charge in [-0.1, -0.05) is 25.0 Å². The molecule has 1 saturated heterocycles. The molecule has 1 aliphatic heterocycles. The lowest BCUT2D eigenvalue weighted by Crippen LogP contribution is -2.56. The zero-order valence-corrected chi connectivity index (χ0v) is 16.3. The summed E-state index contributed by atoms with van der Waals surface area (Å²) in [4.78, 5) is 39.2. The SMILES string of the molecule is CC(=O)NC(C(=O)N1CCN(Cc2cccc([N+](=O)[O-])c2)CC1)C1CCCC1. The van der Waals surface area contributed by atoms with E-state index in [0.29, 0.717) is 32.7 Å². The summed E-state index contributed by atoms with van der Waals surface area (Å²) in [5, 5.41) is 13.8. The third kappa shape index (κ3) is 5.07. The molecule has 2 amide bonds. The summed E-state index contributed by atoms with van der Waals surface area (Å²) in [6.45, 7) is 4.73. The van der Waals surface area contributed by atoms with Crippen molar-refractivity contribution in [2.75, 3.05) is 26.2 Å². The quantitative estimate of drug-likeness (QED) is 0.593. The van der Waals surface area contributed by atoms with E-state index in [-0.39, 0.29) is 28.3 Å². The maximum atomic E-state index is 13.0. The van der Waals surface area contributed by atoms with Crippen LogP contribution in [-0.4, -0.2) is 58.8 Å². The molecule has 1 heterocycles. The predicted molar refractivity (Wildman–Crippen MR) is 105 cm³/mol. The van der Waals surface area contributed by atoms with Gasteiger partial charge in [0.05, 0.1) is 4.92 Å². The molecule has 1 aromatic rings. The molecule has 1 unspecified atom stereocenters. The van der Waals surface area contributed by atoms with Crippen molar-refractivity contribution in [2.24, 2.45) is 5.92 Å². The Morgan fingerprint density at radius 3 is 2.50 bits per heavy atom. The van der Waals surface area contributed by atoms with Crippen LogP contribution in [0.4, 0.5) is 5.69 Å². The van der Waals surface area contributed by atoms with Crippen LogP contribution in [0.2, 0.25) is 0 Å². The summed E-state index contributed by atoms with van der Waals surface area (Å²) in [7, 11) is 0. The maximum absolute atomic E-state index is 13.0. The Balaban J connectivity index is 1.56. The molecule has 1 aromatic carbocycles. The van der Waals surface area contributed by atoms with Crippen molar-refractivity contribution in [3.05, 3.63) is 39.9 Å². The molecule has 8 nitrogen and oxygen atoms in total. The number of rotatable bonds is 6. The van der Waals surface area contributed by atoms with Gasteiger partial charge in [0.25, 0.3) is 5.69 Å². The number of nitro groups is 1. The summed E-state index contributed by atoms with van der Waals surface area (Å²) in [5.74, 6) is 0.103. The average molecular weight is 388 g/mol. The molecule has 3 rings (SSSR count). The topological polar surface area (TPSA) is 95.8 Å². The molecule has 8 heteroatoms. The third-order valence-electron chi connectivity index (χ3n) is 5.71. The number of hydrogen-bond donors (Lipinski definition) is 1. The van der Waals surface area contributed by atoms with E-state index < -0.39 is 6.04 Å². The van der Waals surface area contributed by atoms with Crippen LogP contribution in [0.25, 0.3) is 0 Å². The number of non-ortho nitro benzene ring substituents is 1. The fourth-order valence-electron chi connectivity index (χ4n) is 4.24. The fraction of sp³-hybridized carbons (Fsp3) is 0.600. The Labute approximate surface area is 165 Å². The van der Waals surface area contributed by atoms with E-state index in [0.717, 1.165) is 31.2 Å². The minimum Gasteiger partial charge on any atom is -0.344 e. The first-order chi connectivity index (χ1) is 13.4. The number of benzene rings is 1. The lowest BCUT2D eigenvalue weighted by atomic mass is 9.96. The smallest absolute Gasteiger partial charge is 0.269 e. The van der Waals surface area contributed by atoms with Crippen molar-refractivity contribution < 1.29 is 14.5 Å². The molecule has 1 atom stereocenters. The highest BCUT2D eigenvalue weighted by Crippen LogP contribution is 2.29. The summed E-state index contributed by atoms with van der Waals surface area (Å²) >= 11 is 0. The minimum absolute atomic E-state index is 0.0251. The van der Waals surface area contributed by atoms with Crippen LogP contribution >= 0.6 is 0 Å². The van der Waals surface area contributed by atoms with E-state index >= 15 is 0 Å². The Hall–Kier alpha value is -2.48. The summed E-state index contributed by atoms with van der Waals surface area (Å²) in [5.41, 5.74) is 0.997. The highest BCUT2D eigenvalue weighted by atomic mass is 16.6. The molecule has 1 aliphatic carbocycles. The number of carbonyl (C=O) groups is 2. The first-order valence-electron chi connectivity index (χ1n) is 9.95. The van der Waals surface area contributed by atoms with Gasteiger partial charge < -0.3 is 10.2 Å². The van der Waals surface area contributed by atoms with E-state index in [9.17, 15) is 19.7 Å². The molecule has 1 saturated carbocycles. The van der Waals surface area contributed by atoms with Gasteiger partial charge in [0.1, 0.15) is 6.04 Å². The van der Waals surface area contributed by atoms with Gasteiger partial charge in [-0.05, 0) is 24.3 Å². The summed E-state index contributed by atoms with van der Waals surface area (Å²) in [6.07, 6.45) is 4.21. The molecule has 0 radical (unpaired) electrons. The Morgan fingerprint density at radius 2 is 1.89 bits per heavy atom. The minimum atomic E-state index is -0.414. The molecule has 2 fully saturated rings. The Kier molecular flexibility index (Phi) is 6.61. The first kappa shape index (κ1) is 20.3. The molecule has 1 N–H and O–H groups in total. The third-order valence-corrected chi connectivity index (χ3v) is 5.71. The van der Waals surface area contributed by atoms with Crippen LogP contribution in [0.1, 0.15) is 38.2 Å². The van der Waals surface area contributed by atoms with Crippen molar-refractivity contribution in [3.8, 4) is 0 Å². The van der Waals surface area contributed by atoms with Crippen molar-refractivity contribution in [3.63, 3.8) is 0 Å². The van der Waals surface area contributed by atoms with Crippen LogP contribution in [-0.2, 0) is 16.1 Å². The fourth-order valence-corrected chi connectivity index (χ4v) is 4.24. The second-order valence-electron chi connectivity index (χ2n) is 7.75. The molecule has 0 bridgehead atoms. The van der Waals surface area contributed by atoms with Crippen LogP contribution in [0, 0.1) is 16.0 Å². The van der Waals surface area contributed by atoms with E-state index in [1.807, 2.05) is 11.0 Å². The highest BCUT2D eigenvalue weighted by molar-refractivity contribution is 5.87. The monoisotopic (exact) mass is 388 g/mol. The largest absolute Gasteiger partial charge is 0.344 e. The van der Waals surface area contributed by atoms with Gasteiger partial charge in [-0.25, -0.2) is 0 Å². The Morgan fingerprint density at radius 1 is 1.21 bits per heavy atom. The molecular weight excluding hydrogens is 360 g/mol. The van der Waals surface area contributed by atoms with Gasteiger partial charge in [0, 0.05) is 51.8 Å². The second kappa shape index (κ2) is 9.14. The van der Waals surface area contributed by atoms with Gasteiger partial charge in [-0.15, -0.1) is 0 Å². The standard InChI is InChI=1S/C20H28N4O4/c1-15(25)21-19(17-6-2-3-7-17)20(26)23-11-9-22(10-12-23)14-16-5-4-8-18(13-16)24(27)28/h4-5,8,13,17,19H,2-3,6-7,9-12,14H2,1H3,(H,21,25). The van der Waals surface area contributed by atoms with Gasteiger partial charge in [-0.2, -0.15) is 0 Å². The molecule has 28 heavy (non-hydrogen) atoms. The average Bonchev–Trinajstić information content (AvgIpc) is 3.21. The van der Waals surface area contributed by atoms with Gasteiger partial charge in [-0.3, -0.25) is 24.6 Å². The normalized spacial score (nSPS) is 19.4. The number of amides is 2. The van der Waals surface area contributed by atoms with E-state index in [1.54, 1.807) is 12.1 Å². The number of nitro benzene ring substituents is 1. The number of carbonyl (C=O) groups excluding carboxylic acids is 2. The van der Waals surface area contributed by atoms with Gasteiger partial charge in [0.15, 0.2) is 0 Å². The van der Waals surface area contributed by atoms with Crippen molar-refractivity contribution >= 4 is 17.5 Å². The first-order valence-corrected chi connectivity index (χ1v) is 9.95. The lowest BCUT2D eigenvalue weighted by molar-refractivity contribution is -0.384. The van der Waals surface area contributed by atoms with Crippen LogP contribution < -0.4 is 5.32 Å². The zero-order valence-electron chi connectivity index (χ0n) is 16.3. The molecule has 0 aromatic heterocycles. The van der Waals surface area contributed by atoms with Gasteiger partial charge in [0.2, 0.25) is 11.8 Å². The van der Waals surface area contributed by atoms with Crippen molar-refractivity contribution in [1.29, 1.82) is 0 Å². The van der Waals surface area contributed by atoms with Gasteiger partial charge >= 0.3 is 0 Å². The van der Waals surface area contributed by atoms with E-state index in [1.165, 1.54) is 13.0 Å². The van der Waals surface area contributed by atoms with Crippen molar-refractivity contribution in [2.45, 2.75) is 45.2 Å². The Bertz CT molecular complexity index is 725. The lowest BCUT2D eigenvalue weighted by Gasteiger charge is -2.37. The molecule has 152 valence electrons. The summed E-state index contributed by atoms with van der Waals surface area (Å²) < 4.78 is 0. The number of nitrogens with zero attached hydrogens (tertiary/aromatic N) is 3. The maximum Gasteiger partial charge on any atom is 0.269 e. The zero-order chi connectivity index (χ0) is 20.1. The van der Waals surface area contributed by atoms with Crippen LogP contribution in [0.3, 0.4) is 0 Å². The number of nitrogens with one attached hydrogen (secondary N) is 1.